The molecule has 0 aliphatic rings. The number of hydrazine groups is 1. The number of amides is 3. The number of carbonyl (C=O) groups is 4. The Morgan fingerprint density at radius 2 is 1.86 bits per heavy atom. The van der Waals surface area contributed by atoms with Crippen LogP contribution in [0.4, 0.5) is 0 Å². The van der Waals surface area contributed by atoms with E-state index in [-0.39, 0.29) is 25.3 Å². The van der Waals surface area contributed by atoms with Gasteiger partial charge in [0.1, 0.15) is 5.54 Å². The van der Waals surface area contributed by atoms with Crippen molar-refractivity contribution >= 4 is 24.2 Å². The van der Waals surface area contributed by atoms with E-state index in [0.29, 0.717) is 6.41 Å². The highest BCUT2D eigenvalue weighted by molar-refractivity contribution is 5.97. The molecule has 126 valence electrons. The van der Waals surface area contributed by atoms with Crippen molar-refractivity contribution in [2.45, 2.75) is 32.2 Å². The van der Waals surface area contributed by atoms with Gasteiger partial charge in [0.2, 0.25) is 12.3 Å². The van der Waals surface area contributed by atoms with Crippen LogP contribution in [0.15, 0.2) is 0 Å². The van der Waals surface area contributed by atoms with E-state index < -0.39 is 23.3 Å². The van der Waals surface area contributed by atoms with Crippen LogP contribution in [0.2, 0.25) is 0 Å². The number of rotatable bonds is 10. The number of hydrogen-bond donors (Lipinski definition) is 4. The Labute approximate surface area is 129 Å². The maximum atomic E-state index is 12.5. The monoisotopic (exact) mass is 316 g/mol. The Morgan fingerprint density at radius 3 is 2.23 bits per heavy atom. The molecule has 0 aromatic carbocycles. The molecule has 9 heteroatoms. The molecular formula is C13H24N4O5. The summed E-state index contributed by atoms with van der Waals surface area (Å²) in [5, 5.41) is 14.6. The van der Waals surface area contributed by atoms with Crippen LogP contribution in [0.25, 0.3) is 0 Å². The number of carboxylic acid groups (broad SMARTS) is 1. The van der Waals surface area contributed by atoms with Crippen molar-refractivity contribution in [2.24, 2.45) is 5.92 Å². The third-order valence-corrected chi connectivity index (χ3v) is 3.48. The van der Waals surface area contributed by atoms with E-state index in [1.807, 2.05) is 0 Å². The first-order valence-corrected chi connectivity index (χ1v) is 6.88. The Bertz CT molecular complexity index is 427. The normalized spacial score (nSPS) is 13.3. The molecule has 4 N–H and O–H groups in total. The fourth-order valence-corrected chi connectivity index (χ4v) is 2.05. The fourth-order valence-electron chi connectivity index (χ4n) is 2.05. The molecule has 0 heterocycles. The predicted molar refractivity (Wildman–Crippen MR) is 78.5 cm³/mol. The Balaban J connectivity index is 5.11. The molecule has 22 heavy (non-hydrogen) atoms. The van der Waals surface area contributed by atoms with E-state index in [0.717, 1.165) is 5.01 Å². The van der Waals surface area contributed by atoms with Gasteiger partial charge in [0, 0.05) is 13.6 Å². The van der Waals surface area contributed by atoms with E-state index in [1.165, 1.54) is 14.1 Å². The molecule has 0 radical (unpaired) electrons. The molecule has 0 aromatic rings. The highest BCUT2D eigenvalue weighted by Gasteiger charge is 2.44. The number of imide groups is 1. The first-order chi connectivity index (χ1) is 10.2. The van der Waals surface area contributed by atoms with Crippen LogP contribution < -0.4 is 16.1 Å². The molecule has 0 aliphatic heterocycles. The zero-order chi connectivity index (χ0) is 17.3. The standard InChI is InChI=1S/C13H24N4O5/c1-9(2)13(14-3,12(22)17(8-18)15-4)7-10(19)16-6-5-11(20)21/h8-9,14-15H,5-7H2,1-4H3,(H,16,19)(H,20,21). The summed E-state index contributed by atoms with van der Waals surface area (Å²) in [7, 11) is 2.95. The summed E-state index contributed by atoms with van der Waals surface area (Å²) in [5.41, 5.74) is 1.16. The van der Waals surface area contributed by atoms with Gasteiger partial charge in [-0.2, -0.15) is 0 Å². The van der Waals surface area contributed by atoms with Gasteiger partial charge in [-0.15, -0.1) is 0 Å². The van der Waals surface area contributed by atoms with Gasteiger partial charge in [0.15, 0.2) is 0 Å². The van der Waals surface area contributed by atoms with Crippen LogP contribution in [-0.2, 0) is 19.2 Å². The molecule has 3 amide bonds. The molecule has 1 atom stereocenters. The summed E-state index contributed by atoms with van der Waals surface area (Å²) in [6.07, 6.45) is -0.0876. The molecule has 0 spiro atoms. The lowest BCUT2D eigenvalue weighted by Crippen LogP contribution is -2.63. The summed E-state index contributed by atoms with van der Waals surface area (Å²) < 4.78 is 0. The summed E-state index contributed by atoms with van der Waals surface area (Å²) in [4.78, 5) is 45.9. The molecule has 0 fully saturated rings. The second kappa shape index (κ2) is 9.11. The number of carbonyl (C=O) groups excluding carboxylic acids is 3. The fraction of sp³-hybridized carbons (Fsp3) is 0.692. The first-order valence-electron chi connectivity index (χ1n) is 6.88. The predicted octanol–water partition coefficient (Wildman–Crippen LogP) is -1.30. The number of carboxylic acids is 1. The molecule has 0 aromatic heterocycles. The van der Waals surface area contributed by atoms with Crippen molar-refractivity contribution < 1.29 is 24.3 Å². The quantitative estimate of drug-likeness (QED) is 0.291. The third kappa shape index (κ3) is 5.08. The number of aliphatic carboxylic acids is 1. The molecule has 0 bridgehead atoms. The SMILES string of the molecule is CNN(C=O)C(=O)C(CC(=O)NCCC(=O)O)(NC)C(C)C. The van der Waals surface area contributed by atoms with Crippen molar-refractivity contribution in [3.05, 3.63) is 0 Å². The van der Waals surface area contributed by atoms with Crippen LogP contribution in [0.5, 0.6) is 0 Å². The average Bonchev–Trinajstić information content (AvgIpc) is 2.45. The Kier molecular flexibility index (Phi) is 8.28. The van der Waals surface area contributed by atoms with E-state index in [9.17, 15) is 19.2 Å². The van der Waals surface area contributed by atoms with Crippen molar-refractivity contribution in [2.75, 3.05) is 20.6 Å². The van der Waals surface area contributed by atoms with Crippen molar-refractivity contribution in [1.29, 1.82) is 0 Å². The van der Waals surface area contributed by atoms with Gasteiger partial charge in [-0.3, -0.25) is 19.2 Å². The van der Waals surface area contributed by atoms with Crippen molar-refractivity contribution in [3.8, 4) is 0 Å². The molecule has 0 saturated heterocycles. The van der Waals surface area contributed by atoms with E-state index in [2.05, 4.69) is 16.1 Å². The lowest BCUT2D eigenvalue weighted by atomic mass is 9.82. The minimum absolute atomic E-state index is 0.0241. The second-order valence-corrected chi connectivity index (χ2v) is 5.05. The molecule has 0 saturated carbocycles. The Morgan fingerprint density at radius 1 is 1.27 bits per heavy atom. The van der Waals surface area contributed by atoms with Crippen LogP contribution in [0, 0.1) is 5.92 Å². The second-order valence-electron chi connectivity index (χ2n) is 5.05. The number of nitrogens with zero attached hydrogens (tertiary/aromatic N) is 1. The minimum Gasteiger partial charge on any atom is -0.481 e. The topological polar surface area (TPSA) is 128 Å². The molecule has 9 nitrogen and oxygen atoms in total. The lowest BCUT2D eigenvalue weighted by Gasteiger charge is -2.37. The Hall–Kier alpha value is -2.00. The summed E-state index contributed by atoms with van der Waals surface area (Å²) in [5.74, 6) is -2.37. The van der Waals surface area contributed by atoms with Crippen molar-refractivity contribution in [3.63, 3.8) is 0 Å². The largest absolute Gasteiger partial charge is 0.481 e. The highest BCUT2D eigenvalue weighted by Crippen LogP contribution is 2.23. The van der Waals surface area contributed by atoms with Gasteiger partial charge in [-0.25, -0.2) is 10.4 Å². The van der Waals surface area contributed by atoms with Crippen molar-refractivity contribution in [1.82, 2.24) is 21.1 Å². The van der Waals surface area contributed by atoms with Gasteiger partial charge in [-0.1, -0.05) is 13.8 Å². The van der Waals surface area contributed by atoms with Gasteiger partial charge in [-0.05, 0) is 13.0 Å². The van der Waals surface area contributed by atoms with Crippen LogP contribution in [0.1, 0.15) is 26.7 Å². The zero-order valence-corrected chi connectivity index (χ0v) is 13.3. The van der Waals surface area contributed by atoms with E-state index in [4.69, 9.17) is 5.11 Å². The minimum atomic E-state index is -1.28. The smallest absolute Gasteiger partial charge is 0.305 e. The average molecular weight is 316 g/mol. The zero-order valence-electron chi connectivity index (χ0n) is 13.3. The van der Waals surface area contributed by atoms with Crippen LogP contribution in [-0.4, -0.2) is 60.5 Å². The number of hydrogen-bond acceptors (Lipinski definition) is 6. The first kappa shape index (κ1) is 20.0. The summed E-state index contributed by atoms with van der Waals surface area (Å²) in [6.45, 7) is 3.47. The van der Waals surface area contributed by atoms with Gasteiger partial charge in [0.25, 0.3) is 5.91 Å². The molecule has 1 unspecified atom stereocenters. The maximum Gasteiger partial charge on any atom is 0.305 e. The molecule has 0 aliphatic carbocycles. The van der Waals surface area contributed by atoms with E-state index in [1.54, 1.807) is 13.8 Å². The number of nitrogens with one attached hydrogen (secondary N) is 3. The highest BCUT2D eigenvalue weighted by atomic mass is 16.4. The summed E-state index contributed by atoms with van der Waals surface area (Å²) in [6, 6.07) is 0. The summed E-state index contributed by atoms with van der Waals surface area (Å²) >= 11 is 0. The van der Waals surface area contributed by atoms with Gasteiger partial charge < -0.3 is 15.7 Å². The number of likely N-dealkylation sites (N-methyl/N-ethyl adjacent to an activating group) is 1. The third-order valence-electron chi connectivity index (χ3n) is 3.48. The lowest BCUT2D eigenvalue weighted by molar-refractivity contribution is -0.150. The van der Waals surface area contributed by atoms with Crippen LogP contribution in [0.3, 0.4) is 0 Å². The van der Waals surface area contributed by atoms with Crippen LogP contribution >= 0.6 is 0 Å². The van der Waals surface area contributed by atoms with E-state index >= 15 is 0 Å². The molecule has 0 rings (SSSR count). The van der Waals surface area contributed by atoms with Gasteiger partial charge in [0.05, 0.1) is 12.8 Å². The maximum absolute atomic E-state index is 12.5. The van der Waals surface area contributed by atoms with Gasteiger partial charge >= 0.3 is 5.97 Å². The molecular weight excluding hydrogens is 292 g/mol.